The number of amides is 1. The van der Waals surface area contributed by atoms with Crippen LogP contribution in [0.3, 0.4) is 0 Å². The predicted octanol–water partition coefficient (Wildman–Crippen LogP) is 0.0372. The maximum absolute atomic E-state index is 11.4. The van der Waals surface area contributed by atoms with Crippen LogP contribution in [0.5, 0.6) is 0 Å². The Labute approximate surface area is 84.5 Å². The van der Waals surface area contributed by atoms with Gasteiger partial charge in [-0.3, -0.25) is 14.9 Å². The molecule has 0 radical (unpaired) electrons. The second kappa shape index (κ2) is 3.34. The van der Waals surface area contributed by atoms with E-state index in [1.807, 2.05) is 0 Å². The van der Waals surface area contributed by atoms with Gasteiger partial charge < -0.3 is 9.63 Å². The Hall–Kier alpha value is -1.92. The fourth-order valence-electron chi connectivity index (χ4n) is 1.30. The lowest BCUT2D eigenvalue weighted by atomic mass is 10.3. The first kappa shape index (κ1) is 9.63. The van der Waals surface area contributed by atoms with E-state index in [4.69, 9.17) is 5.11 Å². The highest BCUT2D eigenvalue weighted by atomic mass is 16.5. The van der Waals surface area contributed by atoms with Crippen molar-refractivity contribution in [3.8, 4) is 0 Å². The third-order valence-electron chi connectivity index (χ3n) is 2.20. The number of hydrogen-bond acceptors (Lipinski definition) is 5. The Bertz CT molecular complexity index is 414. The third-order valence-corrected chi connectivity index (χ3v) is 2.20. The van der Waals surface area contributed by atoms with Gasteiger partial charge in [-0.25, -0.2) is 0 Å². The van der Waals surface area contributed by atoms with E-state index in [1.165, 1.54) is 0 Å². The van der Waals surface area contributed by atoms with Crippen LogP contribution in [-0.2, 0) is 9.59 Å². The molecule has 0 aromatic carbocycles. The molecule has 1 aliphatic rings. The van der Waals surface area contributed by atoms with Crippen LogP contribution in [0.25, 0.3) is 0 Å². The Morgan fingerprint density at radius 2 is 2.27 bits per heavy atom. The summed E-state index contributed by atoms with van der Waals surface area (Å²) in [6, 6.07) is 0.00791. The number of carboxylic acid groups (broad SMARTS) is 1. The van der Waals surface area contributed by atoms with Gasteiger partial charge >= 0.3 is 12.0 Å². The van der Waals surface area contributed by atoms with Crippen LogP contribution < -0.4 is 5.32 Å². The van der Waals surface area contributed by atoms with Crippen molar-refractivity contribution in [3.05, 3.63) is 5.82 Å². The minimum Gasteiger partial charge on any atom is -0.481 e. The average Bonchev–Trinajstić information content (AvgIpc) is 2.86. The zero-order valence-electron chi connectivity index (χ0n) is 7.93. The second-order valence-corrected chi connectivity index (χ2v) is 3.42. The van der Waals surface area contributed by atoms with Crippen molar-refractivity contribution in [1.82, 2.24) is 10.1 Å². The van der Waals surface area contributed by atoms with E-state index >= 15 is 0 Å². The molecule has 7 nitrogen and oxygen atoms in total. The minimum absolute atomic E-state index is 0.00791. The number of hydrogen-bond donors (Lipinski definition) is 2. The quantitative estimate of drug-likeness (QED) is 0.731. The molecule has 1 amide bonds. The molecule has 0 unspecified atom stereocenters. The summed E-state index contributed by atoms with van der Waals surface area (Å²) >= 11 is 0. The van der Waals surface area contributed by atoms with E-state index in [0.29, 0.717) is 12.2 Å². The van der Waals surface area contributed by atoms with E-state index in [-0.39, 0.29) is 11.9 Å². The zero-order chi connectivity index (χ0) is 11.0. The molecular formula is C8H9N3O4. The molecule has 0 saturated heterocycles. The molecule has 1 fully saturated rings. The lowest BCUT2D eigenvalue weighted by Gasteiger charge is -1.96. The van der Waals surface area contributed by atoms with Gasteiger partial charge in [0.1, 0.15) is 0 Å². The standard InChI is InChI=1S/C8H9N3O4/c1-3-9-8(15-11-3)10-6(12)4-2-5(4)7(13)14/h4-5H,2H2,1H3,(H,13,14)(H,9,10,11,12)/t4-,5+/m1/s1. The summed E-state index contributed by atoms with van der Waals surface area (Å²) in [4.78, 5) is 25.7. The number of aliphatic carboxylic acids is 1. The normalized spacial score (nSPS) is 23.5. The van der Waals surface area contributed by atoms with E-state index in [9.17, 15) is 9.59 Å². The van der Waals surface area contributed by atoms with Crippen LogP contribution in [0.2, 0.25) is 0 Å². The molecule has 2 N–H and O–H groups in total. The van der Waals surface area contributed by atoms with Gasteiger partial charge in [-0.1, -0.05) is 5.16 Å². The van der Waals surface area contributed by atoms with Gasteiger partial charge in [0.25, 0.3) is 0 Å². The summed E-state index contributed by atoms with van der Waals surface area (Å²) in [6.07, 6.45) is 0.369. The topological polar surface area (TPSA) is 105 Å². The summed E-state index contributed by atoms with van der Waals surface area (Å²) in [7, 11) is 0. The summed E-state index contributed by atoms with van der Waals surface area (Å²) in [5.41, 5.74) is 0. The molecule has 1 heterocycles. The molecule has 0 aliphatic heterocycles. The smallest absolute Gasteiger partial charge is 0.328 e. The summed E-state index contributed by atoms with van der Waals surface area (Å²) in [6.45, 7) is 1.62. The van der Waals surface area contributed by atoms with E-state index in [0.717, 1.165) is 0 Å². The Morgan fingerprint density at radius 1 is 1.53 bits per heavy atom. The van der Waals surface area contributed by atoms with Crippen molar-refractivity contribution in [2.24, 2.45) is 11.8 Å². The monoisotopic (exact) mass is 211 g/mol. The summed E-state index contributed by atoms with van der Waals surface area (Å²) in [5, 5.41) is 14.5. The summed E-state index contributed by atoms with van der Waals surface area (Å²) in [5.74, 6) is -1.97. The lowest BCUT2D eigenvalue weighted by Crippen LogP contribution is -2.16. The maximum atomic E-state index is 11.4. The number of aryl methyl sites for hydroxylation is 1. The van der Waals surface area contributed by atoms with Gasteiger partial charge in [0.2, 0.25) is 5.91 Å². The molecule has 1 aliphatic carbocycles. The number of anilines is 1. The predicted molar refractivity (Wildman–Crippen MR) is 46.9 cm³/mol. The van der Waals surface area contributed by atoms with E-state index < -0.39 is 17.8 Å². The number of nitrogens with zero attached hydrogens (tertiary/aromatic N) is 2. The van der Waals surface area contributed by atoms with E-state index in [2.05, 4.69) is 20.0 Å². The molecule has 7 heteroatoms. The first-order valence-electron chi connectivity index (χ1n) is 4.42. The molecule has 0 bridgehead atoms. The van der Waals surface area contributed by atoms with Crippen LogP contribution in [0, 0.1) is 18.8 Å². The fraction of sp³-hybridized carbons (Fsp3) is 0.500. The van der Waals surface area contributed by atoms with Crippen molar-refractivity contribution in [1.29, 1.82) is 0 Å². The van der Waals surface area contributed by atoms with E-state index in [1.54, 1.807) is 6.92 Å². The Morgan fingerprint density at radius 3 is 2.73 bits per heavy atom. The van der Waals surface area contributed by atoms with Gasteiger partial charge in [0.05, 0.1) is 11.8 Å². The SMILES string of the molecule is Cc1noc(NC(=O)[C@@H]2C[C@@H]2C(=O)O)n1. The molecule has 1 aromatic heterocycles. The molecule has 2 atom stereocenters. The molecule has 1 aromatic rings. The number of carbonyl (C=O) groups is 2. The van der Waals surface area contributed by atoms with Crippen LogP contribution in [-0.4, -0.2) is 27.1 Å². The van der Waals surface area contributed by atoms with Gasteiger partial charge in [-0.15, -0.1) is 0 Å². The fourth-order valence-corrected chi connectivity index (χ4v) is 1.30. The van der Waals surface area contributed by atoms with Crippen molar-refractivity contribution in [3.63, 3.8) is 0 Å². The first-order valence-corrected chi connectivity index (χ1v) is 4.42. The molecular weight excluding hydrogens is 202 g/mol. The Balaban J connectivity index is 1.92. The largest absolute Gasteiger partial charge is 0.481 e. The number of rotatable bonds is 3. The molecule has 1 saturated carbocycles. The van der Waals surface area contributed by atoms with Gasteiger partial charge in [0.15, 0.2) is 5.82 Å². The van der Waals surface area contributed by atoms with Crippen LogP contribution in [0.15, 0.2) is 4.52 Å². The number of carbonyl (C=O) groups excluding carboxylic acids is 1. The maximum Gasteiger partial charge on any atom is 0.328 e. The highest BCUT2D eigenvalue weighted by Crippen LogP contribution is 2.39. The van der Waals surface area contributed by atoms with Crippen LogP contribution in [0.1, 0.15) is 12.2 Å². The molecule has 2 rings (SSSR count). The second-order valence-electron chi connectivity index (χ2n) is 3.42. The number of nitrogens with one attached hydrogen (secondary N) is 1. The number of carboxylic acids is 1. The van der Waals surface area contributed by atoms with Crippen molar-refractivity contribution < 1.29 is 19.2 Å². The van der Waals surface area contributed by atoms with Crippen molar-refractivity contribution in [2.75, 3.05) is 5.32 Å². The average molecular weight is 211 g/mol. The highest BCUT2D eigenvalue weighted by molar-refractivity contribution is 5.96. The van der Waals surface area contributed by atoms with Gasteiger partial charge in [-0.2, -0.15) is 4.98 Å². The highest BCUT2D eigenvalue weighted by Gasteiger charge is 2.48. The first-order chi connectivity index (χ1) is 7.08. The van der Waals surface area contributed by atoms with Crippen LogP contribution >= 0.6 is 0 Å². The lowest BCUT2D eigenvalue weighted by molar-refractivity contribution is -0.139. The Kier molecular flexibility index (Phi) is 2.14. The summed E-state index contributed by atoms with van der Waals surface area (Å²) < 4.78 is 4.67. The molecule has 15 heavy (non-hydrogen) atoms. The van der Waals surface area contributed by atoms with Crippen molar-refractivity contribution >= 4 is 17.9 Å². The zero-order valence-corrected chi connectivity index (χ0v) is 7.93. The third kappa shape index (κ3) is 1.95. The van der Waals surface area contributed by atoms with Crippen LogP contribution in [0.4, 0.5) is 6.01 Å². The number of aromatic nitrogens is 2. The van der Waals surface area contributed by atoms with Crippen molar-refractivity contribution in [2.45, 2.75) is 13.3 Å². The molecule has 0 spiro atoms. The van der Waals surface area contributed by atoms with Gasteiger partial charge in [0, 0.05) is 0 Å². The van der Waals surface area contributed by atoms with Gasteiger partial charge in [-0.05, 0) is 13.3 Å². The minimum atomic E-state index is -0.947. The molecule has 80 valence electrons.